The Bertz CT molecular complexity index is 610. The third-order valence-electron chi connectivity index (χ3n) is 3.17. The van der Waals surface area contributed by atoms with Gasteiger partial charge in [0.15, 0.2) is 0 Å². The van der Waals surface area contributed by atoms with E-state index in [1.165, 1.54) is 23.5 Å². The van der Waals surface area contributed by atoms with Gasteiger partial charge in [0, 0.05) is 20.2 Å². The first-order valence-electron chi connectivity index (χ1n) is 6.85. The molecule has 2 rings (SSSR count). The maximum absolute atomic E-state index is 12.5. The molecule has 8 heteroatoms. The van der Waals surface area contributed by atoms with Gasteiger partial charge in [-0.2, -0.15) is 4.31 Å². The summed E-state index contributed by atoms with van der Waals surface area (Å²) in [5.41, 5.74) is 0.610. The van der Waals surface area contributed by atoms with Crippen molar-refractivity contribution in [3.8, 4) is 0 Å². The lowest BCUT2D eigenvalue weighted by atomic mass is 10.2. The van der Waals surface area contributed by atoms with Gasteiger partial charge in [0.25, 0.3) is 0 Å². The SMILES string of the molecule is COCC(=O)OCc1cccc(S(=O)(=O)N2CCOCC2)c1. The van der Waals surface area contributed by atoms with Crippen LogP contribution in [0.5, 0.6) is 0 Å². The standard InChI is InChI=1S/C14H19NO6S/c1-19-11-14(16)21-10-12-3-2-4-13(9-12)22(17,18)15-5-7-20-8-6-15/h2-4,9H,5-8,10-11H2,1H3. The minimum atomic E-state index is -3.55. The van der Waals surface area contributed by atoms with E-state index >= 15 is 0 Å². The number of nitrogens with zero attached hydrogens (tertiary/aromatic N) is 1. The molecule has 1 fully saturated rings. The van der Waals surface area contributed by atoms with Crippen LogP contribution in [0.2, 0.25) is 0 Å². The van der Waals surface area contributed by atoms with Crippen LogP contribution in [0.3, 0.4) is 0 Å². The van der Waals surface area contributed by atoms with E-state index in [9.17, 15) is 13.2 Å². The largest absolute Gasteiger partial charge is 0.459 e. The normalized spacial score (nSPS) is 16.4. The summed E-state index contributed by atoms with van der Waals surface area (Å²) in [7, 11) is -2.15. The van der Waals surface area contributed by atoms with Crippen molar-refractivity contribution in [3.05, 3.63) is 29.8 Å². The van der Waals surface area contributed by atoms with Gasteiger partial charge in [0.1, 0.15) is 13.2 Å². The second-order valence-electron chi connectivity index (χ2n) is 4.76. The van der Waals surface area contributed by atoms with Crippen LogP contribution >= 0.6 is 0 Å². The van der Waals surface area contributed by atoms with Crippen molar-refractivity contribution >= 4 is 16.0 Å². The van der Waals surface area contributed by atoms with Crippen LogP contribution in [-0.2, 0) is 35.6 Å². The quantitative estimate of drug-likeness (QED) is 0.703. The monoisotopic (exact) mass is 329 g/mol. The van der Waals surface area contributed by atoms with E-state index in [1.54, 1.807) is 12.1 Å². The summed E-state index contributed by atoms with van der Waals surface area (Å²) in [6.45, 7) is 1.35. The Morgan fingerprint density at radius 3 is 2.73 bits per heavy atom. The highest BCUT2D eigenvalue weighted by Gasteiger charge is 2.26. The molecule has 1 saturated heterocycles. The summed E-state index contributed by atoms with van der Waals surface area (Å²) in [6, 6.07) is 6.39. The van der Waals surface area contributed by atoms with Crippen molar-refractivity contribution in [2.75, 3.05) is 40.0 Å². The van der Waals surface area contributed by atoms with Gasteiger partial charge in [0.2, 0.25) is 10.0 Å². The van der Waals surface area contributed by atoms with E-state index in [2.05, 4.69) is 4.74 Å². The number of hydrogen-bond donors (Lipinski definition) is 0. The first kappa shape index (κ1) is 16.9. The van der Waals surface area contributed by atoms with Crippen molar-refractivity contribution in [3.63, 3.8) is 0 Å². The van der Waals surface area contributed by atoms with E-state index in [0.717, 1.165) is 0 Å². The summed E-state index contributed by atoms with van der Waals surface area (Å²) in [5, 5.41) is 0. The molecule has 0 spiro atoms. The van der Waals surface area contributed by atoms with Crippen LogP contribution < -0.4 is 0 Å². The summed E-state index contributed by atoms with van der Waals surface area (Å²) in [6.07, 6.45) is 0. The fourth-order valence-electron chi connectivity index (χ4n) is 2.06. The molecular weight excluding hydrogens is 310 g/mol. The first-order valence-corrected chi connectivity index (χ1v) is 8.29. The van der Waals surface area contributed by atoms with Crippen LogP contribution in [0.25, 0.3) is 0 Å². The molecule has 1 heterocycles. The predicted octanol–water partition coefficient (Wildman–Crippen LogP) is 0.397. The van der Waals surface area contributed by atoms with Gasteiger partial charge in [0.05, 0.1) is 18.1 Å². The zero-order valence-electron chi connectivity index (χ0n) is 12.4. The summed E-state index contributed by atoms with van der Waals surface area (Å²) < 4.78 is 41.3. The molecular formula is C14H19NO6S. The van der Waals surface area contributed by atoms with E-state index in [0.29, 0.717) is 31.9 Å². The summed E-state index contributed by atoms with van der Waals surface area (Å²) in [5.74, 6) is -0.496. The molecule has 7 nitrogen and oxygen atoms in total. The van der Waals surface area contributed by atoms with Crippen LogP contribution in [-0.4, -0.2) is 58.7 Å². The topological polar surface area (TPSA) is 82.1 Å². The number of ether oxygens (including phenoxy) is 3. The number of rotatable bonds is 6. The average Bonchev–Trinajstić information content (AvgIpc) is 2.54. The average molecular weight is 329 g/mol. The number of benzene rings is 1. The van der Waals surface area contributed by atoms with E-state index < -0.39 is 16.0 Å². The smallest absolute Gasteiger partial charge is 0.332 e. The van der Waals surface area contributed by atoms with Gasteiger partial charge < -0.3 is 14.2 Å². The molecule has 0 unspecified atom stereocenters. The van der Waals surface area contributed by atoms with Gasteiger partial charge >= 0.3 is 5.97 Å². The molecule has 1 aromatic carbocycles. The highest BCUT2D eigenvalue weighted by Crippen LogP contribution is 2.18. The van der Waals surface area contributed by atoms with Crippen LogP contribution in [0.1, 0.15) is 5.56 Å². The number of carbonyl (C=O) groups excluding carboxylic acids is 1. The van der Waals surface area contributed by atoms with Crippen molar-refractivity contribution in [1.29, 1.82) is 0 Å². The Morgan fingerprint density at radius 1 is 1.32 bits per heavy atom. The van der Waals surface area contributed by atoms with Crippen LogP contribution in [0.15, 0.2) is 29.2 Å². The van der Waals surface area contributed by atoms with Gasteiger partial charge in [-0.15, -0.1) is 0 Å². The molecule has 22 heavy (non-hydrogen) atoms. The van der Waals surface area contributed by atoms with E-state index in [-0.39, 0.29) is 18.1 Å². The fourth-order valence-corrected chi connectivity index (χ4v) is 3.53. The van der Waals surface area contributed by atoms with Crippen molar-refractivity contribution < 1.29 is 27.4 Å². The molecule has 0 bridgehead atoms. The molecule has 0 aromatic heterocycles. The molecule has 0 atom stereocenters. The van der Waals surface area contributed by atoms with Crippen molar-refractivity contribution in [1.82, 2.24) is 4.31 Å². The Labute approximate surface area is 129 Å². The van der Waals surface area contributed by atoms with Crippen LogP contribution in [0.4, 0.5) is 0 Å². The van der Waals surface area contributed by atoms with Gasteiger partial charge in [-0.05, 0) is 17.7 Å². The lowest BCUT2D eigenvalue weighted by Gasteiger charge is -2.26. The Morgan fingerprint density at radius 2 is 2.05 bits per heavy atom. The highest BCUT2D eigenvalue weighted by molar-refractivity contribution is 7.89. The third kappa shape index (κ3) is 4.26. The van der Waals surface area contributed by atoms with Crippen LogP contribution in [0, 0.1) is 0 Å². The van der Waals surface area contributed by atoms with Gasteiger partial charge in [-0.25, -0.2) is 13.2 Å². The molecule has 1 aliphatic heterocycles. The molecule has 0 N–H and O–H groups in total. The maximum atomic E-state index is 12.5. The van der Waals surface area contributed by atoms with E-state index in [1.807, 2.05) is 0 Å². The second-order valence-corrected chi connectivity index (χ2v) is 6.70. The van der Waals surface area contributed by atoms with Gasteiger partial charge in [-0.1, -0.05) is 12.1 Å². The lowest BCUT2D eigenvalue weighted by molar-refractivity contribution is -0.149. The number of carbonyl (C=O) groups is 1. The molecule has 0 amide bonds. The second kappa shape index (κ2) is 7.68. The number of esters is 1. The predicted molar refractivity (Wildman–Crippen MR) is 77.7 cm³/mol. The number of methoxy groups -OCH3 is 1. The fraction of sp³-hybridized carbons (Fsp3) is 0.500. The lowest BCUT2D eigenvalue weighted by Crippen LogP contribution is -2.40. The maximum Gasteiger partial charge on any atom is 0.332 e. The zero-order valence-corrected chi connectivity index (χ0v) is 13.2. The molecule has 0 radical (unpaired) electrons. The Balaban J connectivity index is 2.08. The van der Waals surface area contributed by atoms with Crippen molar-refractivity contribution in [2.24, 2.45) is 0 Å². The molecule has 0 saturated carbocycles. The van der Waals surface area contributed by atoms with Gasteiger partial charge in [-0.3, -0.25) is 0 Å². The van der Waals surface area contributed by atoms with E-state index in [4.69, 9.17) is 9.47 Å². The minimum absolute atomic E-state index is 0.00860. The Kier molecular flexibility index (Phi) is 5.90. The minimum Gasteiger partial charge on any atom is -0.459 e. The van der Waals surface area contributed by atoms with Crippen molar-refractivity contribution in [2.45, 2.75) is 11.5 Å². The number of morpholine rings is 1. The molecule has 122 valence electrons. The number of sulfonamides is 1. The Hall–Kier alpha value is -1.48. The zero-order chi connectivity index (χ0) is 16.0. The number of hydrogen-bond acceptors (Lipinski definition) is 6. The summed E-state index contributed by atoms with van der Waals surface area (Å²) >= 11 is 0. The molecule has 0 aliphatic carbocycles. The first-order chi connectivity index (χ1) is 10.5. The summed E-state index contributed by atoms with van der Waals surface area (Å²) in [4.78, 5) is 11.4. The molecule has 1 aliphatic rings. The molecule has 1 aromatic rings. The highest BCUT2D eigenvalue weighted by atomic mass is 32.2. The third-order valence-corrected chi connectivity index (χ3v) is 5.06.